The quantitative estimate of drug-likeness (QED) is 0.780. The fourth-order valence-corrected chi connectivity index (χ4v) is 3.19. The van der Waals surface area contributed by atoms with Crippen LogP contribution in [0.25, 0.3) is 0 Å². The molecule has 0 fully saturated rings. The zero-order chi connectivity index (χ0) is 20.8. The van der Waals surface area contributed by atoms with Crippen molar-refractivity contribution in [1.82, 2.24) is 15.6 Å². The maximum absolute atomic E-state index is 12.5. The van der Waals surface area contributed by atoms with Gasteiger partial charge in [-0.1, -0.05) is 30.3 Å². The van der Waals surface area contributed by atoms with Crippen LogP contribution in [0.2, 0.25) is 0 Å². The van der Waals surface area contributed by atoms with Crippen molar-refractivity contribution in [3.8, 4) is 0 Å². The predicted molar refractivity (Wildman–Crippen MR) is 107 cm³/mol. The van der Waals surface area contributed by atoms with Gasteiger partial charge in [0.2, 0.25) is 11.8 Å². The van der Waals surface area contributed by atoms with Gasteiger partial charge in [0, 0.05) is 7.05 Å². The number of carbonyl (C=O) groups is 2. The molecule has 1 atom stereocenters. The lowest BCUT2D eigenvalue weighted by Crippen LogP contribution is -2.28. The first-order valence-electron chi connectivity index (χ1n) is 9.31. The number of rotatable bonds is 6. The zero-order valence-corrected chi connectivity index (χ0v) is 16.7. The number of amides is 2. The molecule has 0 saturated carbocycles. The lowest BCUT2D eigenvalue weighted by molar-refractivity contribution is -0.121. The Kier molecular flexibility index (Phi) is 6.43. The number of aliphatic imine (C=N–C) groups is 1. The molecular formula is C21H24N4O4. The summed E-state index contributed by atoms with van der Waals surface area (Å²) >= 11 is 0. The van der Waals surface area contributed by atoms with Gasteiger partial charge in [0.25, 0.3) is 0 Å². The number of hydrogen-bond donors (Lipinski definition) is 2. The monoisotopic (exact) mass is 396 g/mol. The van der Waals surface area contributed by atoms with Crippen LogP contribution in [0.15, 0.2) is 41.4 Å². The minimum atomic E-state index is -0.561. The molecule has 8 nitrogen and oxygen atoms in total. The average Bonchev–Trinajstić information content (AvgIpc) is 3.15. The summed E-state index contributed by atoms with van der Waals surface area (Å²) in [6.07, 6.45) is -0.450. The van der Waals surface area contributed by atoms with Crippen LogP contribution in [0.3, 0.4) is 0 Å². The molecule has 0 unspecified atom stereocenters. The van der Waals surface area contributed by atoms with E-state index in [9.17, 15) is 9.59 Å². The number of aromatic nitrogens is 1. The zero-order valence-electron chi connectivity index (χ0n) is 16.7. The molecule has 8 heteroatoms. The van der Waals surface area contributed by atoms with E-state index in [0.29, 0.717) is 23.8 Å². The number of methoxy groups -OCH3 is 1. The van der Waals surface area contributed by atoms with Crippen LogP contribution in [0.4, 0.5) is 4.79 Å². The Morgan fingerprint density at radius 3 is 2.69 bits per heavy atom. The number of nitrogens with zero attached hydrogens (tertiary/aromatic N) is 2. The van der Waals surface area contributed by atoms with E-state index in [1.54, 1.807) is 0 Å². The Balaban J connectivity index is 1.76. The van der Waals surface area contributed by atoms with E-state index >= 15 is 0 Å². The highest BCUT2D eigenvalue weighted by Gasteiger charge is 2.24. The van der Waals surface area contributed by atoms with Gasteiger partial charge in [-0.05, 0) is 24.1 Å². The Hall–Kier alpha value is -3.42. The highest BCUT2D eigenvalue weighted by atomic mass is 16.5. The van der Waals surface area contributed by atoms with Crippen molar-refractivity contribution in [2.24, 2.45) is 4.99 Å². The molecule has 0 bridgehead atoms. The molecule has 0 aliphatic carbocycles. The number of hydrogen-bond acceptors (Lipinski definition) is 6. The van der Waals surface area contributed by atoms with Crippen molar-refractivity contribution in [2.75, 3.05) is 14.2 Å². The molecule has 0 radical (unpaired) electrons. The summed E-state index contributed by atoms with van der Waals surface area (Å²) in [7, 11) is 3.01. The van der Waals surface area contributed by atoms with Crippen molar-refractivity contribution in [3.05, 3.63) is 64.5 Å². The Bertz CT molecular complexity index is 928. The molecule has 3 rings (SSSR count). The van der Waals surface area contributed by atoms with Crippen LogP contribution in [0, 0.1) is 0 Å². The fraction of sp³-hybridized carbons (Fsp3) is 0.333. The van der Waals surface area contributed by atoms with E-state index in [1.807, 2.05) is 43.3 Å². The number of benzene rings is 1. The normalized spacial score (nSPS) is 13.1. The van der Waals surface area contributed by atoms with E-state index in [4.69, 9.17) is 9.47 Å². The highest BCUT2D eigenvalue weighted by Crippen LogP contribution is 2.24. The van der Waals surface area contributed by atoms with Gasteiger partial charge in [-0.2, -0.15) is 0 Å². The average molecular weight is 396 g/mol. The molecule has 2 N–H and O–H groups in total. The number of fused-ring (bicyclic) bond motifs is 1. The summed E-state index contributed by atoms with van der Waals surface area (Å²) in [5, 5.41) is 5.38. The maximum atomic E-state index is 12.5. The second-order valence-corrected chi connectivity index (χ2v) is 6.62. The third-order valence-electron chi connectivity index (χ3n) is 4.59. The van der Waals surface area contributed by atoms with E-state index in [0.717, 1.165) is 16.7 Å². The minimum absolute atomic E-state index is 0.0414. The second kappa shape index (κ2) is 9.18. The van der Waals surface area contributed by atoms with Crippen LogP contribution < -0.4 is 10.6 Å². The van der Waals surface area contributed by atoms with Crippen molar-refractivity contribution < 1.29 is 19.1 Å². The molecule has 0 saturated heterocycles. The Morgan fingerprint density at radius 2 is 2.00 bits per heavy atom. The number of carbonyl (C=O) groups excluding carboxylic acids is 2. The van der Waals surface area contributed by atoms with E-state index in [2.05, 4.69) is 20.6 Å². The predicted octanol–water partition coefficient (Wildman–Crippen LogP) is 2.26. The van der Waals surface area contributed by atoms with Crippen LogP contribution in [-0.2, 0) is 33.8 Å². The molecule has 2 heterocycles. The molecule has 1 aliphatic rings. The molecule has 1 aromatic heterocycles. The maximum Gasteiger partial charge on any atom is 0.407 e. The van der Waals surface area contributed by atoms with Crippen molar-refractivity contribution in [1.29, 1.82) is 0 Å². The van der Waals surface area contributed by atoms with Gasteiger partial charge < -0.3 is 20.1 Å². The topological polar surface area (TPSA) is 102 Å². The van der Waals surface area contributed by atoms with Gasteiger partial charge in [-0.25, -0.2) is 9.79 Å². The molecule has 1 aliphatic heterocycles. The fourth-order valence-electron chi connectivity index (χ4n) is 3.19. The van der Waals surface area contributed by atoms with Gasteiger partial charge in [0.1, 0.15) is 6.61 Å². The Morgan fingerprint density at radius 1 is 1.24 bits per heavy atom. The van der Waals surface area contributed by atoms with E-state index < -0.39 is 6.09 Å². The van der Waals surface area contributed by atoms with Gasteiger partial charge >= 0.3 is 6.09 Å². The van der Waals surface area contributed by atoms with Crippen molar-refractivity contribution in [2.45, 2.75) is 32.5 Å². The van der Waals surface area contributed by atoms with Gasteiger partial charge in [0.05, 0.1) is 43.1 Å². The molecule has 152 valence electrons. The first-order chi connectivity index (χ1) is 14.0. The van der Waals surface area contributed by atoms with Crippen LogP contribution in [0.5, 0.6) is 0 Å². The molecule has 2 amide bonds. The van der Waals surface area contributed by atoms with Crippen LogP contribution >= 0.6 is 0 Å². The van der Waals surface area contributed by atoms with Gasteiger partial charge in [-0.3, -0.25) is 9.78 Å². The van der Waals surface area contributed by atoms with Crippen molar-refractivity contribution >= 4 is 17.9 Å². The van der Waals surface area contributed by atoms with E-state index in [1.165, 1.54) is 14.2 Å². The highest BCUT2D eigenvalue weighted by molar-refractivity contribution is 5.98. The largest absolute Gasteiger partial charge is 0.481 e. The molecular weight excluding hydrogens is 372 g/mol. The molecule has 29 heavy (non-hydrogen) atoms. The van der Waals surface area contributed by atoms with Crippen molar-refractivity contribution in [3.63, 3.8) is 0 Å². The summed E-state index contributed by atoms with van der Waals surface area (Å²) in [6.45, 7) is 2.33. The first-order valence-corrected chi connectivity index (χ1v) is 9.31. The second-order valence-electron chi connectivity index (χ2n) is 6.62. The molecule has 0 spiro atoms. The third kappa shape index (κ3) is 4.90. The number of pyridine rings is 1. The number of alkyl carbamates (subject to hydrolysis) is 1. The summed E-state index contributed by atoms with van der Waals surface area (Å²) in [5.74, 6) is 0.314. The Labute approximate surface area is 169 Å². The first kappa shape index (κ1) is 20.3. The smallest absolute Gasteiger partial charge is 0.407 e. The third-order valence-corrected chi connectivity index (χ3v) is 4.59. The lowest BCUT2D eigenvalue weighted by atomic mass is 10.1. The van der Waals surface area contributed by atoms with Gasteiger partial charge in [-0.15, -0.1) is 0 Å². The molecule has 2 aromatic rings. The summed E-state index contributed by atoms with van der Waals surface area (Å²) in [4.78, 5) is 32.9. The number of ether oxygens (including phenoxy) is 2. The van der Waals surface area contributed by atoms with Gasteiger partial charge in [0.15, 0.2) is 0 Å². The van der Waals surface area contributed by atoms with Crippen LogP contribution in [0.1, 0.15) is 41.0 Å². The summed E-state index contributed by atoms with van der Waals surface area (Å²) in [6, 6.07) is 11.5. The SMILES string of the molecule is CNC(=O)OCc1nc(CC(=O)N[C@H](C)c2ccccc2)cc2c1C(OC)=NC2. The van der Waals surface area contributed by atoms with E-state index in [-0.39, 0.29) is 25.0 Å². The number of nitrogens with one attached hydrogen (secondary N) is 2. The molecule has 1 aromatic carbocycles. The summed E-state index contributed by atoms with van der Waals surface area (Å²) < 4.78 is 10.5. The lowest BCUT2D eigenvalue weighted by Gasteiger charge is -2.15. The minimum Gasteiger partial charge on any atom is -0.481 e. The van der Waals surface area contributed by atoms with Crippen LogP contribution in [-0.4, -0.2) is 37.0 Å². The summed E-state index contributed by atoms with van der Waals surface area (Å²) in [5.41, 5.74) is 3.75. The standard InChI is InChI=1S/C21H24N4O4/c1-13(14-7-5-4-6-8-14)24-18(26)10-16-9-15-11-23-20(28-3)19(15)17(25-16)12-29-21(27)22-2/h4-9,13H,10-12H2,1-3H3,(H,22,27)(H,24,26)/t13-/m1/s1.